The van der Waals surface area contributed by atoms with Crippen LogP contribution in [-0.4, -0.2) is 18.0 Å². The third-order valence-electron chi connectivity index (χ3n) is 2.14. The van der Waals surface area contributed by atoms with Crippen LogP contribution in [0, 0.1) is 0 Å². The number of nitrogens with one attached hydrogen (secondary N) is 1. The topological polar surface area (TPSA) is 42.1 Å². The van der Waals surface area contributed by atoms with E-state index in [4.69, 9.17) is 4.74 Å². The lowest BCUT2D eigenvalue weighted by atomic mass is 10.1. The Morgan fingerprint density at radius 2 is 1.94 bits per heavy atom. The second-order valence-corrected chi connectivity index (χ2v) is 3.23. The number of ether oxygens (including phenoxy) is 1. The number of rotatable bonds is 3. The lowest BCUT2D eigenvalue weighted by molar-refractivity contribution is 0.0825. The smallest absolute Gasteiger partial charge is 0.272 e. The molecule has 0 fully saturated rings. The van der Waals surface area contributed by atoms with Crippen molar-refractivity contribution >= 4 is 10.8 Å². The van der Waals surface area contributed by atoms with Gasteiger partial charge in [-0.25, -0.2) is 8.78 Å². The molecule has 2 rings (SSSR count). The van der Waals surface area contributed by atoms with Gasteiger partial charge in [-0.1, -0.05) is 18.2 Å². The first-order valence-electron chi connectivity index (χ1n) is 4.70. The number of pyridine rings is 1. The van der Waals surface area contributed by atoms with Crippen molar-refractivity contribution < 1.29 is 13.5 Å². The summed E-state index contributed by atoms with van der Waals surface area (Å²) in [5.74, 6) is 0.260. The number of fused-ring (bicyclic) bond motifs is 1. The molecule has 0 atom stereocenters. The predicted octanol–water partition coefficient (Wildman–Crippen LogP) is 2.17. The van der Waals surface area contributed by atoms with Crippen molar-refractivity contribution in [2.75, 3.05) is 6.61 Å². The molecule has 16 heavy (non-hydrogen) atoms. The van der Waals surface area contributed by atoms with Gasteiger partial charge >= 0.3 is 0 Å². The minimum Gasteiger partial charge on any atom is -0.485 e. The van der Waals surface area contributed by atoms with Crippen molar-refractivity contribution in [2.24, 2.45) is 0 Å². The number of aromatic amines is 1. The molecule has 0 bridgehead atoms. The first-order valence-corrected chi connectivity index (χ1v) is 4.70. The van der Waals surface area contributed by atoms with E-state index >= 15 is 0 Å². The molecule has 0 unspecified atom stereocenters. The van der Waals surface area contributed by atoms with Gasteiger partial charge in [0.05, 0.1) is 5.39 Å². The van der Waals surface area contributed by atoms with E-state index in [1.54, 1.807) is 24.3 Å². The van der Waals surface area contributed by atoms with Gasteiger partial charge in [-0.3, -0.25) is 4.79 Å². The van der Waals surface area contributed by atoms with Crippen LogP contribution in [0.2, 0.25) is 0 Å². The molecule has 0 aliphatic carbocycles. The van der Waals surface area contributed by atoms with Gasteiger partial charge < -0.3 is 9.72 Å². The number of benzene rings is 1. The summed E-state index contributed by atoms with van der Waals surface area (Å²) in [6.45, 7) is -0.684. The molecule has 84 valence electrons. The molecule has 0 saturated heterocycles. The largest absolute Gasteiger partial charge is 0.485 e. The molecular weight excluding hydrogens is 216 g/mol. The molecule has 0 saturated carbocycles. The van der Waals surface area contributed by atoms with Crippen molar-refractivity contribution in [3.63, 3.8) is 0 Å². The normalized spacial score (nSPS) is 10.9. The van der Waals surface area contributed by atoms with E-state index in [1.807, 2.05) is 0 Å². The molecule has 0 amide bonds. The van der Waals surface area contributed by atoms with Crippen molar-refractivity contribution in [1.29, 1.82) is 0 Å². The van der Waals surface area contributed by atoms with E-state index in [9.17, 15) is 13.6 Å². The van der Waals surface area contributed by atoms with E-state index in [1.165, 1.54) is 6.20 Å². The van der Waals surface area contributed by atoms with E-state index in [0.717, 1.165) is 0 Å². The molecular formula is C11H9F2NO2. The van der Waals surface area contributed by atoms with Gasteiger partial charge in [0.2, 0.25) is 0 Å². The Labute approximate surface area is 89.7 Å². The van der Waals surface area contributed by atoms with Gasteiger partial charge in [0.1, 0.15) is 12.4 Å². The Bertz CT molecular complexity index is 551. The summed E-state index contributed by atoms with van der Waals surface area (Å²) in [6.07, 6.45) is -1.24. The fraction of sp³-hybridized carbons (Fsp3) is 0.182. The highest BCUT2D eigenvalue weighted by atomic mass is 19.3. The highest BCUT2D eigenvalue weighted by Gasteiger charge is 2.08. The predicted molar refractivity (Wildman–Crippen MR) is 56.1 cm³/mol. The highest BCUT2D eigenvalue weighted by molar-refractivity contribution is 5.86. The summed E-state index contributed by atoms with van der Waals surface area (Å²) in [7, 11) is 0. The Balaban J connectivity index is 2.46. The molecule has 1 N–H and O–H groups in total. The summed E-state index contributed by atoms with van der Waals surface area (Å²) in [5, 5.41) is 0.959. The van der Waals surface area contributed by atoms with Crippen LogP contribution < -0.4 is 10.3 Å². The van der Waals surface area contributed by atoms with Gasteiger partial charge in [0.15, 0.2) is 0 Å². The second-order valence-electron chi connectivity index (χ2n) is 3.23. The summed E-state index contributed by atoms with van der Waals surface area (Å²) < 4.78 is 28.9. The molecule has 0 aliphatic heterocycles. The van der Waals surface area contributed by atoms with Crippen molar-refractivity contribution in [1.82, 2.24) is 4.98 Å². The maximum Gasteiger partial charge on any atom is 0.272 e. The quantitative estimate of drug-likeness (QED) is 0.869. The maximum absolute atomic E-state index is 12.0. The third-order valence-corrected chi connectivity index (χ3v) is 2.14. The molecule has 0 spiro atoms. The van der Waals surface area contributed by atoms with Crippen LogP contribution in [0.5, 0.6) is 5.75 Å². The second kappa shape index (κ2) is 4.30. The first kappa shape index (κ1) is 10.6. The zero-order chi connectivity index (χ0) is 11.5. The average Bonchev–Trinajstić information content (AvgIpc) is 2.28. The van der Waals surface area contributed by atoms with Gasteiger partial charge in [0.25, 0.3) is 12.0 Å². The molecule has 3 nitrogen and oxygen atoms in total. The van der Waals surface area contributed by atoms with Gasteiger partial charge in [-0.15, -0.1) is 0 Å². The Morgan fingerprint density at radius 1 is 1.25 bits per heavy atom. The van der Waals surface area contributed by atoms with Gasteiger partial charge in [-0.05, 0) is 6.07 Å². The zero-order valence-corrected chi connectivity index (χ0v) is 8.24. The maximum atomic E-state index is 12.0. The molecule has 1 aromatic carbocycles. The standard InChI is InChI=1S/C11H9F2NO2/c12-10(13)6-16-9-5-14-11(15)8-4-2-1-3-7(8)9/h1-5,10H,6H2,(H,14,15). The summed E-state index contributed by atoms with van der Waals surface area (Å²) in [5.41, 5.74) is -0.264. The van der Waals surface area contributed by atoms with Crippen LogP contribution >= 0.6 is 0 Å². The molecule has 0 radical (unpaired) electrons. The lowest BCUT2D eigenvalue weighted by Crippen LogP contribution is -2.10. The van der Waals surface area contributed by atoms with Crippen LogP contribution in [0.4, 0.5) is 8.78 Å². The number of halogens is 2. The van der Waals surface area contributed by atoms with Crippen LogP contribution in [0.15, 0.2) is 35.3 Å². The molecule has 1 heterocycles. The van der Waals surface area contributed by atoms with E-state index in [2.05, 4.69) is 4.98 Å². The Morgan fingerprint density at radius 3 is 2.62 bits per heavy atom. The van der Waals surface area contributed by atoms with Crippen LogP contribution in [0.3, 0.4) is 0 Å². The first-order chi connectivity index (χ1) is 7.68. The summed E-state index contributed by atoms with van der Waals surface area (Å²) in [6, 6.07) is 6.69. The highest BCUT2D eigenvalue weighted by Crippen LogP contribution is 2.21. The monoisotopic (exact) mass is 225 g/mol. The number of hydrogen-bond acceptors (Lipinski definition) is 2. The van der Waals surface area contributed by atoms with Crippen molar-refractivity contribution in [3.05, 3.63) is 40.8 Å². The van der Waals surface area contributed by atoms with Gasteiger partial charge in [-0.2, -0.15) is 0 Å². The number of hydrogen-bond donors (Lipinski definition) is 1. The molecule has 2 aromatic rings. The van der Waals surface area contributed by atoms with Crippen molar-refractivity contribution in [2.45, 2.75) is 6.43 Å². The van der Waals surface area contributed by atoms with E-state index in [-0.39, 0.29) is 11.3 Å². The lowest BCUT2D eigenvalue weighted by Gasteiger charge is -2.07. The van der Waals surface area contributed by atoms with Crippen LogP contribution in [0.25, 0.3) is 10.8 Å². The Kier molecular flexibility index (Phi) is 2.85. The Hall–Kier alpha value is -1.91. The molecule has 1 aromatic heterocycles. The number of aromatic nitrogens is 1. The van der Waals surface area contributed by atoms with Crippen LogP contribution in [0.1, 0.15) is 0 Å². The summed E-state index contributed by atoms with van der Waals surface area (Å²) >= 11 is 0. The van der Waals surface area contributed by atoms with Crippen LogP contribution in [-0.2, 0) is 0 Å². The average molecular weight is 225 g/mol. The van der Waals surface area contributed by atoms with Gasteiger partial charge in [0, 0.05) is 11.6 Å². The summed E-state index contributed by atoms with van der Waals surface area (Å²) in [4.78, 5) is 13.9. The van der Waals surface area contributed by atoms with E-state index in [0.29, 0.717) is 10.8 Å². The van der Waals surface area contributed by atoms with E-state index < -0.39 is 13.0 Å². The molecule has 5 heteroatoms. The fourth-order valence-corrected chi connectivity index (χ4v) is 1.45. The van der Waals surface area contributed by atoms with Crippen molar-refractivity contribution in [3.8, 4) is 5.75 Å². The zero-order valence-electron chi connectivity index (χ0n) is 8.24. The third kappa shape index (κ3) is 2.03. The molecule has 0 aliphatic rings. The minimum atomic E-state index is -2.54. The fourth-order valence-electron chi connectivity index (χ4n) is 1.45. The minimum absolute atomic E-state index is 0.260. The number of alkyl halides is 2. The SMILES string of the molecule is O=c1[nH]cc(OCC(F)F)c2ccccc12. The number of H-pyrrole nitrogens is 1.